The van der Waals surface area contributed by atoms with Crippen LogP contribution in [0.1, 0.15) is 169 Å². The Labute approximate surface area is 479 Å². The number of benzene rings is 10. The minimum absolute atomic E-state index is 0.0343. The van der Waals surface area contributed by atoms with Crippen molar-refractivity contribution in [1.29, 1.82) is 0 Å². The first kappa shape index (κ1) is 51.5. The largest absolute Gasteiger partial charge is 0.244 e. The fraction of sp³-hybridized carbons (Fsp3) is 0.333. The van der Waals surface area contributed by atoms with Crippen LogP contribution in [0.4, 0.5) is 0 Å². The Hall–Kier alpha value is -6.63. The third-order valence-corrected chi connectivity index (χ3v) is 19.5. The van der Waals surface area contributed by atoms with Crippen LogP contribution in [0.2, 0.25) is 0 Å². The normalized spacial score (nSPS) is 14.4. The molecule has 0 amide bonds. The summed E-state index contributed by atoms with van der Waals surface area (Å²) in [7, 11) is 0. The van der Waals surface area contributed by atoms with Crippen molar-refractivity contribution in [1.82, 2.24) is 0 Å². The van der Waals surface area contributed by atoms with Crippen molar-refractivity contribution in [3.05, 3.63) is 166 Å². The molecule has 0 unspecified atom stereocenters. The van der Waals surface area contributed by atoms with Crippen molar-refractivity contribution in [2.24, 2.45) is 0 Å². The van der Waals surface area contributed by atoms with Crippen molar-refractivity contribution in [3.63, 3.8) is 0 Å². The summed E-state index contributed by atoms with van der Waals surface area (Å²) in [5, 5.41) is 8.53. The van der Waals surface area contributed by atoms with E-state index < -0.39 is 0 Å². The summed E-state index contributed by atoms with van der Waals surface area (Å²) in [5.41, 5.74) is 35.9. The van der Waals surface area contributed by atoms with Gasteiger partial charge in [0.1, 0.15) is 0 Å². The Kier molecular flexibility index (Phi) is 10.4. The highest BCUT2D eigenvalue weighted by Gasteiger charge is 2.46. The number of rotatable bonds is 2. The Bertz CT molecular complexity index is 4060. The van der Waals surface area contributed by atoms with Gasteiger partial charge >= 0.3 is 0 Å². The molecule has 10 aromatic carbocycles. The lowest BCUT2D eigenvalue weighted by Gasteiger charge is -2.37. The lowest BCUT2D eigenvalue weighted by atomic mass is 9.34. The van der Waals surface area contributed by atoms with Crippen LogP contribution in [-0.4, -0.2) is 13.4 Å². The quantitative estimate of drug-likeness (QED) is 0.120. The fourth-order valence-electron chi connectivity index (χ4n) is 15.7. The molecule has 4 heterocycles. The standard InChI is InChI=1S/C78H80B2/c1-41-29-53-45-25-21-23-27-61(45)79-63-39-52-48(66-59(77(15,16)17)35-44(74(6,7)8)36-60(66)78(18,19)20)38-50-56-32-42(2)30-54-46-26-22-24-28-62(46)80(72(54)56)64-40-51-47(37-49(55(31-41)71(53)79)67(63)69(51)70(52)68(50)64)65-57(75(9,10)11)33-43(73(3,4)5)34-58(65)76(12,13)14/h21-40H,1-20H3. The van der Waals surface area contributed by atoms with Crippen molar-refractivity contribution < 1.29 is 0 Å². The van der Waals surface area contributed by atoms with Gasteiger partial charge < -0.3 is 0 Å². The lowest BCUT2D eigenvalue weighted by Crippen LogP contribution is -2.53. The van der Waals surface area contributed by atoms with Crippen LogP contribution >= 0.6 is 0 Å². The highest BCUT2D eigenvalue weighted by molar-refractivity contribution is 7.03. The summed E-state index contributed by atoms with van der Waals surface area (Å²) < 4.78 is 0. The molecule has 2 heteroatoms. The zero-order valence-electron chi connectivity index (χ0n) is 51.7. The molecule has 0 atom stereocenters. The smallest absolute Gasteiger partial charge is 0.0664 e. The average Bonchev–Trinajstić information content (AvgIpc) is 3.62. The van der Waals surface area contributed by atoms with Crippen molar-refractivity contribution in [2.75, 3.05) is 0 Å². The molecule has 398 valence electrons. The zero-order valence-corrected chi connectivity index (χ0v) is 51.7. The molecule has 0 aliphatic carbocycles. The number of aryl methyl sites for hydroxylation is 2. The third-order valence-electron chi connectivity index (χ3n) is 19.5. The molecule has 4 aliphatic rings. The first-order valence-corrected chi connectivity index (χ1v) is 30.1. The van der Waals surface area contributed by atoms with Crippen LogP contribution in [-0.2, 0) is 32.5 Å². The van der Waals surface area contributed by atoms with Gasteiger partial charge in [-0.1, -0.05) is 267 Å². The van der Waals surface area contributed by atoms with Gasteiger partial charge in [-0.2, -0.15) is 0 Å². The Morgan fingerprint density at radius 3 is 0.863 bits per heavy atom. The van der Waals surface area contributed by atoms with E-state index in [2.05, 4.69) is 260 Å². The van der Waals surface area contributed by atoms with Gasteiger partial charge in [-0.05, 0) is 202 Å². The number of hydrogen-bond donors (Lipinski definition) is 0. The molecule has 0 nitrogen and oxygen atoms in total. The van der Waals surface area contributed by atoms with Crippen LogP contribution in [0.3, 0.4) is 0 Å². The second-order valence-corrected chi connectivity index (χ2v) is 31.5. The van der Waals surface area contributed by atoms with E-state index in [1.54, 1.807) is 0 Å². The fourth-order valence-corrected chi connectivity index (χ4v) is 15.7. The molecular formula is C78H80B2. The van der Waals surface area contributed by atoms with Crippen LogP contribution in [0, 0.1) is 13.8 Å². The van der Waals surface area contributed by atoms with Gasteiger partial charge in [0.05, 0.1) is 0 Å². The van der Waals surface area contributed by atoms with E-state index in [-0.39, 0.29) is 45.9 Å². The highest BCUT2D eigenvalue weighted by Crippen LogP contribution is 2.55. The maximum atomic E-state index is 2.76. The van der Waals surface area contributed by atoms with Crippen LogP contribution in [0.25, 0.3) is 99.1 Å². The van der Waals surface area contributed by atoms with Gasteiger partial charge in [0.25, 0.3) is 0 Å². The molecule has 0 spiro atoms. The predicted octanol–water partition coefficient (Wildman–Crippen LogP) is 17.3. The molecule has 0 bridgehead atoms. The predicted molar refractivity (Wildman–Crippen MR) is 354 cm³/mol. The summed E-state index contributed by atoms with van der Waals surface area (Å²) in [4.78, 5) is 0. The van der Waals surface area contributed by atoms with Crippen LogP contribution in [0.15, 0.2) is 121 Å². The Balaban J connectivity index is 1.30. The number of fused-ring (bicyclic) bond motifs is 10. The third kappa shape index (κ3) is 7.08. The van der Waals surface area contributed by atoms with Gasteiger partial charge in [-0.15, -0.1) is 0 Å². The second kappa shape index (κ2) is 16.1. The first-order valence-electron chi connectivity index (χ1n) is 30.1. The molecule has 0 aromatic heterocycles. The van der Waals surface area contributed by atoms with Gasteiger partial charge in [-0.25, -0.2) is 0 Å². The topological polar surface area (TPSA) is 0 Å². The van der Waals surface area contributed by atoms with Crippen molar-refractivity contribution >= 4 is 78.5 Å². The highest BCUT2D eigenvalue weighted by atomic mass is 14.4. The Morgan fingerprint density at radius 1 is 0.263 bits per heavy atom. The molecule has 0 fully saturated rings. The van der Waals surface area contributed by atoms with Gasteiger partial charge in [0, 0.05) is 0 Å². The van der Waals surface area contributed by atoms with E-state index in [1.807, 2.05) is 0 Å². The van der Waals surface area contributed by atoms with E-state index in [0.29, 0.717) is 0 Å². The summed E-state index contributed by atoms with van der Waals surface area (Å²) in [6, 6.07) is 50.3. The summed E-state index contributed by atoms with van der Waals surface area (Å²) in [5.74, 6) is 0. The van der Waals surface area contributed by atoms with E-state index in [1.165, 1.54) is 176 Å². The molecule has 0 saturated heterocycles. The summed E-state index contributed by atoms with van der Waals surface area (Å²) >= 11 is 0. The van der Waals surface area contributed by atoms with E-state index in [0.717, 1.165) is 0 Å². The van der Waals surface area contributed by atoms with Gasteiger partial charge in [-0.3, -0.25) is 0 Å². The number of hydrogen-bond acceptors (Lipinski definition) is 0. The Morgan fingerprint density at radius 2 is 0.562 bits per heavy atom. The van der Waals surface area contributed by atoms with Crippen LogP contribution in [0.5, 0.6) is 0 Å². The molecule has 0 saturated carbocycles. The molecule has 0 N–H and O–H groups in total. The molecule has 4 aliphatic heterocycles. The van der Waals surface area contributed by atoms with Crippen molar-refractivity contribution in [2.45, 2.75) is 171 Å². The van der Waals surface area contributed by atoms with Gasteiger partial charge in [0.2, 0.25) is 13.4 Å². The molecule has 10 aromatic rings. The molecule has 80 heavy (non-hydrogen) atoms. The lowest BCUT2D eigenvalue weighted by molar-refractivity contribution is 0.550. The van der Waals surface area contributed by atoms with Gasteiger partial charge in [0.15, 0.2) is 0 Å². The maximum absolute atomic E-state index is 2.76. The first-order chi connectivity index (χ1) is 37.3. The summed E-state index contributed by atoms with van der Waals surface area (Å²) in [6.07, 6.45) is 0. The van der Waals surface area contributed by atoms with E-state index >= 15 is 0 Å². The molecule has 0 radical (unpaired) electrons. The van der Waals surface area contributed by atoms with Crippen molar-refractivity contribution in [3.8, 4) is 66.8 Å². The minimum Gasteiger partial charge on any atom is -0.0664 e. The molecule has 14 rings (SSSR count). The van der Waals surface area contributed by atoms with Crippen LogP contribution < -0.4 is 32.8 Å². The van der Waals surface area contributed by atoms with E-state index in [9.17, 15) is 0 Å². The zero-order chi connectivity index (χ0) is 56.8. The second-order valence-electron chi connectivity index (χ2n) is 31.5. The van der Waals surface area contributed by atoms with E-state index in [4.69, 9.17) is 0 Å². The monoisotopic (exact) mass is 1040 g/mol. The summed E-state index contributed by atoms with van der Waals surface area (Å²) in [6.45, 7) is 48.8. The average molecular weight is 1040 g/mol. The SMILES string of the molecule is Cc1cc2c3c(c1)-c1cc(-c4c(C(C)(C)C)cc(C(C)(C)C)cc4C(C)(C)C)c4cc5c6c(cc(-c7c(C(C)(C)C)cc(C(C)(C)C)cc7C(C)(C)C)c7cc(c1c4c76)B3c1ccccc1-2)-c1cc(C)cc2c1B5c1ccccc1-2. The maximum Gasteiger partial charge on any atom is 0.244 e. The minimum atomic E-state index is -0.156. The molecular weight excluding hydrogens is 958 g/mol.